The normalized spacial score (nSPS) is 16.4. The molecule has 0 spiro atoms. The lowest BCUT2D eigenvalue weighted by atomic mass is 10.1. The minimum absolute atomic E-state index is 1.04. The van der Waals surface area contributed by atoms with Crippen molar-refractivity contribution in [3.8, 4) is 11.1 Å². The molecule has 0 unspecified atom stereocenters. The van der Waals surface area contributed by atoms with Gasteiger partial charge in [-0.3, -0.25) is 9.88 Å². The summed E-state index contributed by atoms with van der Waals surface area (Å²) in [4.78, 5) is 6.94. The Labute approximate surface area is 115 Å². The number of pyridine rings is 1. The fourth-order valence-corrected chi connectivity index (χ4v) is 2.74. The molecule has 0 N–H and O–H groups in total. The highest BCUT2D eigenvalue weighted by Gasteiger charge is 2.10. The van der Waals surface area contributed by atoms with Crippen molar-refractivity contribution in [2.45, 2.75) is 25.8 Å². The van der Waals surface area contributed by atoms with E-state index in [1.165, 1.54) is 49.0 Å². The predicted molar refractivity (Wildman–Crippen MR) is 78.8 cm³/mol. The van der Waals surface area contributed by atoms with E-state index >= 15 is 0 Å². The number of benzene rings is 1. The molecule has 3 rings (SSSR count). The largest absolute Gasteiger partial charge is 0.299 e. The van der Waals surface area contributed by atoms with Crippen molar-refractivity contribution >= 4 is 0 Å². The minimum Gasteiger partial charge on any atom is -0.299 e. The third kappa shape index (κ3) is 3.21. The molecule has 2 heterocycles. The van der Waals surface area contributed by atoms with Gasteiger partial charge in [0.1, 0.15) is 0 Å². The SMILES string of the molecule is c1ccc(-c2cncc(CN3CCCCC3)c2)cc1. The molecule has 0 aliphatic carbocycles. The molecule has 0 amide bonds. The second kappa shape index (κ2) is 5.98. The number of rotatable bonds is 3. The van der Waals surface area contributed by atoms with E-state index in [0.29, 0.717) is 0 Å². The van der Waals surface area contributed by atoms with Gasteiger partial charge in [0.2, 0.25) is 0 Å². The van der Waals surface area contributed by atoms with Crippen LogP contribution in [0.4, 0.5) is 0 Å². The zero-order valence-corrected chi connectivity index (χ0v) is 11.3. The molecule has 2 heteroatoms. The molecule has 1 fully saturated rings. The van der Waals surface area contributed by atoms with Crippen LogP contribution in [0.3, 0.4) is 0 Å². The Balaban J connectivity index is 1.76. The second-order valence-corrected chi connectivity index (χ2v) is 5.28. The average molecular weight is 252 g/mol. The summed E-state index contributed by atoms with van der Waals surface area (Å²) in [7, 11) is 0. The molecule has 1 aromatic heterocycles. The number of hydrogen-bond donors (Lipinski definition) is 0. The first-order valence-electron chi connectivity index (χ1n) is 7.13. The van der Waals surface area contributed by atoms with Crippen LogP contribution >= 0.6 is 0 Å². The summed E-state index contributed by atoms with van der Waals surface area (Å²) in [6.45, 7) is 3.50. The molecule has 2 aromatic rings. The average Bonchev–Trinajstić information content (AvgIpc) is 2.49. The van der Waals surface area contributed by atoms with Crippen molar-refractivity contribution in [2.75, 3.05) is 13.1 Å². The molecule has 1 saturated heterocycles. The van der Waals surface area contributed by atoms with Gasteiger partial charge >= 0.3 is 0 Å². The van der Waals surface area contributed by atoms with Gasteiger partial charge in [-0.25, -0.2) is 0 Å². The first kappa shape index (κ1) is 12.4. The van der Waals surface area contributed by atoms with Gasteiger partial charge < -0.3 is 0 Å². The summed E-state index contributed by atoms with van der Waals surface area (Å²) >= 11 is 0. The lowest BCUT2D eigenvalue weighted by Crippen LogP contribution is -2.29. The smallest absolute Gasteiger partial charge is 0.0346 e. The lowest BCUT2D eigenvalue weighted by molar-refractivity contribution is 0.220. The number of likely N-dealkylation sites (tertiary alicyclic amines) is 1. The van der Waals surface area contributed by atoms with Crippen LogP contribution in [0.1, 0.15) is 24.8 Å². The van der Waals surface area contributed by atoms with Crippen LogP contribution in [0.5, 0.6) is 0 Å². The van der Waals surface area contributed by atoms with Gasteiger partial charge in [-0.15, -0.1) is 0 Å². The Kier molecular flexibility index (Phi) is 3.89. The van der Waals surface area contributed by atoms with Gasteiger partial charge in [0.15, 0.2) is 0 Å². The summed E-state index contributed by atoms with van der Waals surface area (Å²) in [5.41, 5.74) is 3.79. The second-order valence-electron chi connectivity index (χ2n) is 5.28. The highest BCUT2D eigenvalue weighted by molar-refractivity contribution is 5.62. The maximum Gasteiger partial charge on any atom is 0.0346 e. The van der Waals surface area contributed by atoms with Crippen molar-refractivity contribution in [2.24, 2.45) is 0 Å². The summed E-state index contributed by atoms with van der Waals surface area (Å²) in [6.07, 6.45) is 8.02. The fraction of sp³-hybridized carbons (Fsp3) is 0.353. The number of nitrogens with zero attached hydrogens (tertiary/aromatic N) is 2. The molecule has 2 nitrogen and oxygen atoms in total. The van der Waals surface area contributed by atoms with E-state index in [0.717, 1.165) is 6.54 Å². The summed E-state index contributed by atoms with van der Waals surface area (Å²) in [6, 6.07) is 12.8. The molecule has 0 bridgehead atoms. The third-order valence-electron chi connectivity index (χ3n) is 3.76. The molecular weight excluding hydrogens is 232 g/mol. The maximum absolute atomic E-state index is 4.40. The molecule has 0 atom stereocenters. The van der Waals surface area contributed by atoms with Crippen molar-refractivity contribution in [3.05, 3.63) is 54.4 Å². The van der Waals surface area contributed by atoms with Crippen LogP contribution in [0.15, 0.2) is 48.8 Å². The van der Waals surface area contributed by atoms with E-state index in [1.54, 1.807) is 0 Å². The Bertz CT molecular complexity index is 516. The van der Waals surface area contributed by atoms with Crippen LogP contribution in [-0.2, 0) is 6.54 Å². The van der Waals surface area contributed by atoms with Crippen LogP contribution in [0.25, 0.3) is 11.1 Å². The zero-order chi connectivity index (χ0) is 12.9. The highest BCUT2D eigenvalue weighted by Crippen LogP contribution is 2.20. The van der Waals surface area contributed by atoms with Crippen molar-refractivity contribution in [1.29, 1.82) is 0 Å². The molecular formula is C17H20N2. The Morgan fingerprint density at radius 3 is 2.47 bits per heavy atom. The Morgan fingerprint density at radius 2 is 1.68 bits per heavy atom. The summed E-state index contributed by atoms with van der Waals surface area (Å²) < 4.78 is 0. The van der Waals surface area contributed by atoms with Gasteiger partial charge in [-0.1, -0.05) is 36.8 Å². The topological polar surface area (TPSA) is 16.1 Å². The van der Waals surface area contributed by atoms with E-state index in [4.69, 9.17) is 0 Å². The van der Waals surface area contributed by atoms with E-state index in [1.807, 2.05) is 12.4 Å². The van der Waals surface area contributed by atoms with Gasteiger partial charge in [0.25, 0.3) is 0 Å². The van der Waals surface area contributed by atoms with Gasteiger partial charge in [0, 0.05) is 24.5 Å². The van der Waals surface area contributed by atoms with Crippen molar-refractivity contribution in [1.82, 2.24) is 9.88 Å². The van der Waals surface area contributed by atoms with E-state index in [2.05, 4.69) is 46.3 Å². The molecule has 1 aromatic carbocycles. The standard InChI is InChI=1S/C17H20N2/c1-3-7-16(8-4-1)17-11-15(12-18-13-17)14-19-9-5-2-6-10-19/h1,3-4,7-8,11-13H,2,5-6,9-10,14H2. The first-order chi connectivity index (χ1) is 9.42. The summed E-state index contributed by atoms with van der Waals surface area (Å²) in [5, 5.41) is 0. The van der Waals surface area contributed by atoms with E-state index in [-0.39, 0.29) is 0 Å². The summed E-state index contributed by atoms with van der Waals surface area (Å²) in [5.74, 6) is 0. The number of hydrogen-bond acceptors (Lipinski definition) is 2. The van der Waals surface area contributed by atoms with Crippen LogP contribution in [0.2, 0.25) is 0 Å². The predicted octanol–water partition coefficient (Wildman–Crippen LogP) is 3.73. The molecule has 0 saturated carbocycles. The molecule has 1 aliphatic heterocycles. The van der Waals surface area contributed by atoms with Crippen LogP contribution in [0, 0.1) is 0 Å². The maximum atomic E-state index is 4.40. The quantitative estimate of drug-likeness (QED) is 0.827. The molecule has 19 heavy (non-hydrogen) atoms. The fourth-order valence-electron chi connectivity index (χ4n) is 2.74. The number of aromatic nitrogens is 1. The van der Waals surface area contributed by atoms with Gasteiger partial charge in [0.05, 0.1) is 0 Å². The van der Waals surface area contributed by atoms with E-state index in [9.17, 15) is 0 Å². The molecule has 0 radical (unpaired) electrons. The molecule has 98 valence electrons. The van der Waals surface area contributed by atoms with Gasteiger partial charge in [-0.05, 0) is 43.1 Å². The van der Waals surface area contributed by atoms with Crippen LogP contribution < -0.4 is 0 Å². The Morgan fingerprint density at radius 1 is 0.895 bits per heavy atom. The monoisotopic (exact) mass is 252 g/mol. The van der Waals surface area contributed by atoms with Crippen molar-refractivity contribution < 1.29 is 0 Å². The molecule has 1 aliphatic rings. The number of piperidine rings is 1. The minimum atomic E-state index is 1.04. The van der Waals surface area contributed by atoms with E-state index < -0.39 is 0 Å². The first-order valence-corrected chi connectivity index (χ1v) is 7.13. The van der Waals surface area contributed by atoms with Crippen molar-refractivity contribution in [3.63, 3.8) is 0 Å². The third-order valence-corrected chi connectivity index (χ3v) is 3.76. The highest BCUT2D eigenvalue weighted by atomic mass is 15.1. The van der Waals surface area contributed by atoms with Gasteiger partial charge in [-0.2, -0.15) is 0 Å². The van der Waals surface area contributed by atoms with Crippen LogP contribution in [-0.4, -0.2) is 23.0 Å². The Hall–Kier alpha value is -1.67. The zero-order valence-electron chi connectivity index (χ0n) is 11.3. The lowest BCUT2D eigenvalue weighted by Gasteiger charge is -2.26.